The highest BCUT2D eigenvalue weighted by molar-refractivity contribution is 6.31. The minimum Gasteiger partial charge on any atom is -0.366 e. The normalized spacial score (nSPS) is 11.6. The molecule has 0 aliphatic heterocycles. The molecule has 0 saturated heterocycles. The lowest BCUT2D eigenvalue weighted by atomic mass is 10.00. The summed E-state index contributed by atoms with van der Waals surface area (Å²) in [5, 5.41) is 2.54. The Morgan fingerprint density at radius 1 is 1.18 bits per heavy atom. The molecule has 4 aromatic rings. The second kappa shape index (κ2) is 6.99. The first-order chi connectivity index (χ1) is 13.4. The number of benzene rings is 3. The number of carbonyl (C=O) groups excluding carboxylic acids is 1. The van der Waals surface area contributed by atoms with E-state index in [1.165, 1.54) is 5.56 Å². The highest BCUT2D eigenvalue weighted by atomic mass is 35.5. The average Bonchev–Trinajstić information content (AvgIpc) is 2.98. The quantitative estimate of drug-likeness (QED) is 0.469. The average molecular weight is 390 g/mol. The molecule has 0 atom stereocenters. The maximum absolute atomic E-state index is 12.1. The van der Waals surface area contributed by atoms with Crippen molar-refractivity contribution < 1.29 is 4.79 Å². The van der Waals surface area contributed by atoms with Gasteiger partial charge in [-0.2, -0.15) is 0 Å². The number of primary amides is 1. The molecule has 0 aliphatic carbocycles. The van der Waals surface area contributed by atoms with Gasteiger partial charge in [-0.1, -0.05) is 49.7 Å². The van der Waals surface area contributed by atoms with Crippen LogP contribution in [0.3, 0.4) is 0 Å². The molecule has 3 aromatic carbocycles. The Morgan fingerprint density at radius 3 is 2.64 bits per heavy atom. The zero-order valence-corrected chi connectivity index (χ0v) is 17.0. The molecule has 141 valence electrons. The number of rotatable bonds is 4. The molecule has 0 fully saturated rings. The second-order valence-electron chi connectivity index (χ2n) is 7.58. The van der Waals surface area contributed by atoms with E-state index in [0.29, 0.717) is 18.0 Å². The Morgan fingerprint density at radius 2 is 1.96 bits per heavy atom. The lowest BCUT2D eigenvalue weighted by Crippen LogP contribution is -2.11. The molecular weight excluding hydrogens is 368 g/mol. The van der Waals surface area contributed by atoms with Crippen LogP contribution in [0.25, 0.3) is 21.8 Å². The minimum atomic E-state index is -0.427. The van der Waals surface area contributed by atoms with Crippen molar-refractivity contribution in [3.63, 3.8) is 0 Å². The SMILES string of the molecule is Cc1ccc(Cn2c3cc(C(C)C)c[c]c3c3c(C(N)=O)cccc32)cc1Cl. The van der Waals surface area contributed by atoms with E-state index in [4.69, 9.17) is 17.3 Å². The van der Waals surface area contributed by atoms with Crippen LogP contribution in [0.4, 0.5) is 0 Å². The van der Waals surface area contributed by atoms with Crippen LogP contribution in [-0.4, -0.2) is 10.5 Å². The predicted octanol–water partition coefficient (Wildman–Crippen LogP) is 5.83. The van der Waals surface area contributed by atoms with Gasteiger partial charge in [0.2, 0.25) is 5.91 Å². The number of aryl methyl sites for hydroxylation is 1. The van der Waals surface area contributed by atoms with Crippen molar-refractivity contribution >= 4 is 39.3 Å². The van der Waals surface area contributed by atoms with Gasteiger partial charge < -0.3 is 10.3 Å². The predicted molar refractivity (Wildman–Crippen MR) is 116 cm³/mol. The fourth-order valence-electron chi connectivity index (χ4n) is 3.70. The zero-order valence-electron chi connectivity index (χ0n) is 16.2. The van der Waals surface area contributed by atoms with Crippen molar-refractivity contribution in [1.82, 2.24) is 4.57 Å². The minimum absolute atomic E-state index is 0.386. The van der Waals surface area contributed by atoms with Crippen LogP contribution in [0.2, 0.25) is 5.02 Å². The second-order valence-corrected chi connectivity index (χ2v) is 7.99. The van der Waals surface area contributed by atoms with E-state index in [-0.39, 0.29) is 0 Å². The lowest BCUT2D eigenvalue weighted by Gasteiger charge is -2.11. The molecule has 3 nitrogen and oxygen atoms in total. The standard InChI is InChI=1S/C24H22ClN2O/c1-14(2)17-9-10-18-22(12-17)27(13-16-8-7-15(3)20(25)11-16)21-6-4-5-19(23(18)21)24(26)28/h4-9,11-12,14H,13H2,1-3H3,(H2,26,28). The Kier molecular flexibility index (Phi) is 4.64. The number of hydrogen-bond acceptors (Lipinski definition) is 1. The smallest absolute Gasteiger partial charge is 0.249 e. The Bertz CT molecular complexity index is 1220. The van der Waals surface area contributed by atoms with Crippen molar-refractivity contribution in [2.24, 2.45) is 5.73 Å². The first kappa shape index (κ1) is 18.6. The first-order valence-electron chi connectivity index (χ1n) is 9.38. The molecule has 4 rings (SSSR count). The lowest BCUT2D eigenvalue weighted by molar-refractivity contribution is 0.100. The molecule has 1 radical (unpaired) electrons. The molecule has 2 N–H and O–H groups in total. The number of nitrogens with two attached hydrogens (primary N) is 1. The van der Waals surface area contributed by atoms with Crippen LogP contribution in [0.15, 0.2) is 48.5 Å². The molecule has 4 heteroatoms. The molecule has 28 heavy (non-hydrogen) atoms. The van der Waals surface area contributed by atoms with Gasteiger partial charge in [0.15, 0.2) is 0 Å². The molecule has 1 aromatic heterocycles. The summed E-state index contributed by atoms with van der Waals surface area (Å²) in [6.45, 7) is 6.97. The molecule has 0 saturated carbocycles. The van der Waals surface area contributed by atoms with Crippen LogP contribution >= 0.6 is 11.6 Å². The van der Waals surface area contributed by atoms with E-state index in [0.717, 1.165) is 38.0 Å². The van der Waals surface area contributed by atoms with Gasteiger partial charge in [0.05, 0.1) is 11.0 Å². The Labute approximate surface area is 169 Å². The van der Waals surface area contributed by atoms with Crippen LogP contribution in [0.1, 0.15) is 46.8 Å². The first-order valence-corrected chi connectivity index (χ1v) is 9.76. The van der Waals surface area contributed by atoms with E-state index in [2.05, 4.69) is 36.6 Å². The molecular formula is C24H22ClN2O. The highest BCUT2D eigenvalue weighted by Crippen LogP contribution is 2.34. The summed E-state index contributed by atoms with van der Waals surface area (Å²) >= 11 is 6.35. The molecule has 0 bridgehead atoms. The van der Waals surface area contributed by atoms with Crippen molar-refractivity contribution in [2.45, 2.75) is 33.2 Å². The third kappa shape index (κ3) is 3.06. The summed E-state index contributed by atoms with van der Waals surface area (Å²) in [7, 11) is 0. The third-order valence-electron chi connectivity index (χ3n) is 5.33. The summed E-state index contributed by atoms with van der Waals surface area (Å²) in [5.41, 5.74) is 11.6. The molecule has 1 amide bonds. The van der Waals surface area contributed by atoms with E-state index < -0.39 is 5.91 Å². The maximum atomic E-state index is 12.1. The van der Waals surface area contributed by atoms with Crippen molar-refractivity contribution in [2.75, 3.05) is 0 Å². The van der Waals surface area contributed by atoms with Gasteiger partial charge >= 0.3 is 0 Å². The Balaban J connectivity index is 2.03. The number of nitrogens with zero attached hydrogens (tertiary/aromatic N) is 1. The topological polar surface area (TPSA) is 48.0 Å². The summed E-state index contributed by atoms with van der Waals surface area (Å²) in [6.07, 6.45) is 0. The van der Waals surface area contributed by atoms with E-state index in [9.17, 15) is 4.79 Å². The zero-order chi connectivity index (χ0) is 20.0. The number of halogens is 1. The van der Waals surface area contributed by atoms with E-state index in [1.807, 2.05) is 37.3 Å². The number of fused-ring (bicyclic) bond motifs is 3. The number of hydrogen-bond donors (Lipinski definition) is 1. The molecule has 1 heterocycles. The largest absolute Gasteiger partial charge is 0.366 e. The molecule has 0 aliphatic rings. The van der Waals surface area contributed by atoms with Gasteiger partial charge in [-0.3, -0.25) is 4.79 Å². The van der Waals surface area contributed by atoms with Gasteiger partial charge in [0.25, 0.3) is 0 Å². The van der Waals surface area contributed by atoms with Gasteiger partial charge in [0, 0.05) is 27.9 Å². The van der Waals surface area contributed by atoms with Crippen LogP contribution < -0.4 is 5.73 Å². The van der Waals surface area contributed by atoms with E-state index >= 15 is 0 Å². The monoisotopic (exact) mass is 389 g/mol. The number of aromatic nitrogens is 1. The molecule has 0 unspecified atom stereocenters. The van der Waals surface area contributed by atoms with Gasteiger partial charge in [-0.05, 0) is 59.9 Å². The third-order valence-corrected chi connectivity index (χ3v) is 5.73. The number of amides is 1. The van der Waals surface area contributed by atoms with Crippen molar-refractivity contribution in [3.8, 4) is 0 Å². The van der Waals surface area contributed by atoms with Crippen LogP contribution in [-0.2, 0) is 6.54 Å². The summed E-state index contributed by atoms with van der Waals surface area (Å²) in [5.74, 6) is -0.0408. The van der Waals surface area contributed by atoms with Crippen molar-refractivity contribution in [3.05, 3.63) is 81.9 Å². The van der Waals surface area contributed by atoms with Gasteiger partial charge in [-0.15, -0.1) is 0 Å². The van der Waals surface area contributed by atoms with Crippen LogP contribution in [0, 0.1) is 13.0 Å². The fraction of sp³-hybridized carbons (Fsp3) is 0.208. The van der Waals surface area contributed by atoms with Gasteiger partial charge in [-0.25, -0.2) is 0 Å². The maximum Gasteiger partial charge on any atom is 0.249 e. The van der Waals surface area contributed by atoms with E-state index in [1.54, 1.807) is 6.07 Å². The summed E-state index contributed by atoms with van der Waals surface area (Å²) < 4.78 is 2.22. The Hall–Kier alpha value is -2.78. The summed E-state index contributed by atoms with van der Waals surface area (Å²) in [6, 6.07) is 19.4. The van der Waals surface area contributed by atoms with Gasteiger partial charge in [0.1, 0.15) is 0 Å². The highest BCUT2D eigenvalue weighted by Gasteiger charge is 2.17. The summed E-state index contributed by atoms with van der Waals surface area (Å²) in [4.78, 5) is 12.1. The van der Waals surface area contributed by atoms with Crippen molar-refractivity contribution in [1.29, 1.82) is 0 Å². The fourth-order valence-corrected chi connectivity index (χ4v) is 3.90. The van der Waals surface area contributed by atoms with Crippen LogP contribution in [0.5, 0.6) is 0 Å². The number of carbonyl (C=O) groups is 1. The molecule has 0 spiro atoms.